The second-order valence-corrected chi connectivity index (χ2v) is 7.06. The maximum atomic E-state index is 15.8. The summed E-state index contributed by atoms with van der Waals surface area (Å²) >= 11 is 6.09. The van der Waals surface area contributed by atoms with Crippen molar-refractivity contribution in [3.63, 3.8) is 0 Å². The normalized spacial score (nSPS) is 11.4. The first kappa shape index (κ1) is 20.2. The fourth-order valence-electron chi connectivity index (χ4n) is 3.51. The Balaban J connectivity index is 2.10. The van der Waals surface area contributed by atoms with Crippen molar-refractivity contribution >= 4 is 33.4 Å². The first-order valence-corrected chi connectivity index (χ1v) is 9.49. The molecule has 0 saturated carbocycles. The predicted octanol–water partition coefficient (Wildman–Crippen LogP) is 4.62. The molecule has 0 radical (unpaired) electrons. The topological polar surface area (TPSA) is 89.5 Å². The molecule has 0 aliphatic rings. The number of fused-ring (bicyclic) bond motifs is 3. The summed E-state index contributed by atoms with van der Waals surface area (Å²) in [5, 5.41) is 18.3. The summed E-state index contributed by atoms with van der Waals surface area (Å²) in [6.07, 6.45) is 1.59. The molecule has 0 atom stereocenters. The van der Waals surface area contributed by atoms with Gasteiger partial charge in [-0.25, -0.2) is 9.37 Å². The molecule has 0 saturated heterocycles. The van der Waals surface area contributed by atoms with Crippen molar-refractivity contribution in [2.75, 3.05) is 27.4 Å². The van der Waals surface area contributed by atoms with Gasteiger partial charge in [0.25, 0.3) is 0 Å². The number of aryl methyl sites for hydroxylation is 1. The van der Waals surface area contributed by atoms with Gasteiger partial charge in [-0.15, -0.1) is 0 Å². The van der Waals surface area contributed by atoms with E-state index in [1.54, 1.807) is 19.4 Å². The average Bonchev–Trinajstić information content (AvgIpc) is 3.21. The first-order chi connectivity index (χ1) is 14.5. The van der Waals surface area contributed by atoms with Crippen LogP contribution in [0.4, 0.5) is 4.39 Å². The van der Waals surface area contributed by atoms with E-state index in [2.05, 4.69) is 15.2 Å². The number of aromatic nitrogens is 3. The molecule has 2 aromatic heterocycles. The van der Waals surface area contributed by atoms with Crippen molar-refractivity contribution in [3.8, 4) is 28.5 Å². The van der Waals surface area contributed by atoms with Crippen LogP contribution >= 0.6 is 11.6 Å². The van der Waals surface area contributed by atoms with E-state index in [9.17, 15) is 5.11 Å². The van der Waals surface area contributed by atoms with E-state index in [4.69, 9.17) is 25.8 Å². The number of phenolic OH excluding ortho intramolecular Hbond substituents is 1. The van der Waals surface area contributed by atoms with Crippen LogP contribution in [0.2, 0.25) is 5.02 Å². The number of aromatic amines is 1. The van der Waals surface area contributed by atoms with Crippen LogP contribution in [0.5, 0.6) is 17.2 Å². The highest BCUT2D eigenvalue weighted by Gasteiger charge is 2.25. The molecule has 2 aromatic carbocycles. The van der Waals surface area contributed by atoms with Gasteiger partial charge in [-0.05, 0) is 25.1 Å². The monoisotopic (exact) mass is 431 g/mol. The second-order valence-electron chi connectivity index (χ2n) is 6.65. The lowest BCUT2D eigenvalue weighted by molar-refractivity contribution is 0.143. The van der Waals surface area contributed by atoms with Gasteiger partial charge in [0.05, 0.1) is 30.6 Å². The lowest BCUT2D eigenvalue weighted by Crippen LogP contribution is -2.08. The van der Waals surface area contributed by atoms with Gasteiger partial charge in [-0.1, -0.05) is 11.6 Å². The lowest BCUT2D eigenvalue weighted by atomic mass is 9.96. The standard InChI is InChI=1S/C21H19ClFN3O4/c1-10-15-12-9-24-26-21(12)25-18(11-4-5-14(27)13(22)8-11)16(15)17(23)20(29-3)19(10)30-7-6-28-2/h4-5,8-9,27H,6-7H2,1-3H3,(H,24,25,26). The number of nitrogens with zero attached hydrogens (tertiary/aromatic N) is 2. The minimum atomic E-state index is -0.611. The Morgan fingerprint density at radius 3 is 2.67 bits per heavy atom. The van der Waals surface area contributed by atoms with Crippen molar-refractivity contribution in [2.24, 2.45) is 0 Å². The predicted molar refractivity (Wildman–Crippen MR) is 112 cm³/mol. The highest BCUT2D eigenvalue weighted by atomic mass is 35.5. The quantitative estimate of drug-likeness (QED) is 0.433. The molecule has 0 fully saturated rings. The van der Waals surface area contributed by atoms with Crippen LogP contribution in [-0.2, 0) is 4.74 Å². The minimum Gasteiger partial charge on any atom is -0.506 e. The first-order valence-electron chi connectivity index (χ1n) is 9.11. The van der Waals surface area contributed by atoms with Gasteiger partial charge in [0.1, 0.15) is 12.4 Å². The third-order valence-electron chi connectivity index (χ3n) is 4.90. The van der Waals surface area contributed by atoms with E-state index in [0.29, 0.717) is 45.6 Å². The zero-order valence-electron chi connectivity index (χ0n) is 16.5. The molecule has 0 bridgehead atoms. The van der Waals surface area contributed by atoms with Crippen molar-refractivity contribution in [1.82, 2.24) is 15.2 Å². The van der Waals surface area contributed by atoms with E-state index in [-0.39, 0.29) is 28.5 Å². The third kappa shape index (κ3) is 3.18. The van der Waals surface area contributed by atoms with E-state index in [0.717, 1.165) is 0 Å². The number of rotatable bonds is 6. The molecule has 2 heterocycles. The van der Waals surface area contributed by atoms with Crippen molar-refractivity contribution in [1.29, 1.82) is 0 Å². The Bertz CT molecular complexity index is 1260. The fraction of sp³-hybridized carbons (Fsp3) is 0.238. The number of benzene rings is 2. The van der Waals surface area contributed by atoms with Crippen molar-refractivity contribution in [3.05, 3.63) is 40.8 Å². The number of phenols is 1. The summed E-state index contributed by atoms with van der Waals surface area (Å²) in [6, 6.07) is 4.59. The number of pyridine rings is 1. The molecular formula is C21H19ClFN3O4. The van der Waals surface area contributed by atoms with Crippen LogP contribution in [0.15, 0.2) is 24.4 Å². The molecule has 4 aromatic rings. The number of methoxy groups -OCH3 is 2. The van der Waals surface area contributed by atoms with Crippen LogP contribution in [0.3, 0.4) is 0 Å². The van der Waals surface area contributed by atoms with Gasteiger partial charge in [-0.3, -0.25) is 5.10 Å². The Kier molecular flexibility index (Phi) is 5.36. The number of ether oxygens (including phenoxy) is 3. The number of aromatic hydroxyl groups is 1. The maximum absolute atomic E-state index is 15.8. The Hall–Kier alpha value is -3.10. The molecule has 30 heavy (non-hydrogen) atoms. The summed E-state index contributed by atoms with van der Waals surface area (Å²) in [5.74, 6) is -0.412. The number of nitrogens with one attached hydrogen (secondary N) is 1. The zero-order chi connectivity index (χ0) is 21.4. The van der Waals surface area contributed by atoms with Crippen LogP contribution in [-0.4, -0.2) is 47.7 Å². The number of hydrogen-bond donors (Lipinski definition) is 2. The SMILES string of the molecule is COCCOc1c(OC)c(F)c2c(-c3ccc(O)c(Cl)c3)nc3[nH]ncc3c2c1C. The summed E-state index contributed by atoms with van der Waals surface area (Å²) in [4.78, 5) is 4.57. The van der Waals surface area contributed by atoms with Gasteiger partial charge in [0.15, 0.2) is 23.0 Å². The van der Waals surface area contributed by atoms with Gasteiger partial charge in [-0.2, -0.15) is 5.10 Å². The van der Waals surface area contributed by atoms with Crippen LogP contribution in [0.25, 0.3) is 33.1 Å². The maximum Gasteiger partial charge on any atom is 0.197 e. The summed E-state index contributed by atoms with van der Waals surface area (Å²) in [6.45, 7) is 2.40. The fourth-order valence-corrected chi connectivity index (χ4v) is 3.70. The molecule has 0 spiro atoms. The Morgan fingerprint density at radius 2 is 1.97 bits per heavy atom. The van der Waals surface area contributed by atoms with Crippen LogP contribution in [0.1, 0.15) is 5.56 Å². The summed E-state index contributed by atoms with van der Waals surface area (Å²) < 4.78 is 32.0. The molecular weight excluding hydrogens is 413 g/mol. The molecule has 0 aliphatic heterocycles. The van der Waals surface area contributed by atoms with E-state index < -0.39 is 5.82 Å². The van der Waals surface area contributed by atoms with Gasteiger partial charge >= 0.3 is 0 Å². The smallest absolute Gasteiger partial charge is 0.197 e. The van der Waals surface area contributed by atoms with E-state index >= 15 is 4.39 Å². The average molecular weight is 432 g/mol. The summed E-state index contributed by atoms with van der Waals surface area (Å²) in [7, 11) is 2.94. The molecule has 0 unspecified atom stereocenters. The number of halogens is 2. The van der Waals surface area contributed by atoms with Crippen LogP contribution in [0, 0.1) is 12.7 Å². The van der Waals surface area contributed by atoms with E-state index in [1.807, 2.05) is 6.92 Å². The highest BCUT2D eigenvalue weighted by molar-refractivity contribution is 6.32. The lowest BCUT2D eigenvalue weighted by Gasteiger charge is -2.19. The Labute approximate surface area is 176 Å². The molecule has 4 rings (SSSR count). The van der Waals surface area contributed by atoms with Crippen molar-refractivity contribution in [2.45, 2.75) is 6.92 Å². The Morgan fingerprint density at radius 1 is 1.17 bits per heavy atom. The highest BCUT2D eigenvalue weighted by Crippen LogP contribution is 2.45. The molecule has 9 heteroatoms. The second kappa shape index (κ2) is 7.97. The largest absolute Gasteiger partial charge is 0.506 e. The minimum absolute atomic E-state index is 0.0214. The summed E-state index contributed by atoms with van der Waals surface area (Å²) in [5.41, 5.74) is 2.04. The molecule has 156 valence electrons. The van der Waals surface area contributed by atoms with Crippen LogP contribution < -0.4 is 9.47 Å². The van der Waals surface area contributed by atoms with E-state index in [1.165, 1.54) is 19.2 Å². The van der Waals surface area contributed by atoms with Gasteiger partial charge in [0, 0.05) is 34.4 Å². The van der Waals surface area contributed by atoms with Gasteiger partial charge < -0.3 is 19.3 Å². The zero-order valence-corrected chi connectivity index (χ0v) is 17.3. The van der Waals surface area contributed by atoms with Gasteiger partial charge in [0.2, 0.25) is 0 Å². The number of H-pyrrole nitrogens is 1. The molecule has 0 aliphatic carbocycles. The molecule has 0 amide bonds. The molecule has 7 nitrogen and oxygen atoms in total. The molecule has 2 N–H and O–H groups in total. The number of hydrogen-bond acceptors (Lipinski definition) is 6. The third-order valence-corrected chi connectivity index (χ3v) is 5.20. The van der Waals surface area contributed by atoms with Crippen molar-refractivity contribution < 1.29 is 23.7 Å².